The Morgan fingerprint density at radius 2 is 2.31 bits per heavy atom. The van der Waals surface area contributed by atoms with Crippen LogP contribution in [0, 0.1) is 0 Å². The Labute approximate surface area is 79.4 Å². The van der Waals surface area contributed by atoms with Gasteiger partial charge in [0.05, 0.1) is 13.7 Å². The SMILES string of the molecule is C=C(/C=C(\CC)N/C=C\CO)OC. The molecule has 0 spiro atoms. The van der Waals surface area contributed by atoms with E-state index in [0.717, 1.165) is 12.1 Å². The number of hydrogen-bond donors (Lipinski definition) is 2. The Balaban J connectivity index is 4.09. The third-order valence-corrected chi connectivity index (χ3v) is 1.47. The summed E-state index contributed by atoms with van der Waals surface area (Å²) in [4.78, 5) is 0. The normalized spacial score (nSPS) is 11.8. The van der Waals surface area contributed by atoms with Gasteiger partial charge in [-0.1, -0.05) is 13.5 Å². The van der Waals surface area contributed by atoms with Crippen molar-refractivity contribution in [3.63, 3.8) is 0 Å². The highest BCUT2D eigenvalue weighted by molar-refractivity contribution is 5.15. The number of ether oxygens (including phenoxy) is 1. The van der Waals surface area contributed by atoms with Crippen molar-refractivity contribution < 1.29 is 9.84 Å². The second-order valence-corrected chi connectivity index (χ2v) is 2.42. The summed E-state index contributed by atoms with van der Waals surface area (Å²) in [7, 11) is 1.58. The van der Waals surface area contributed by atoms with Gasteiger partial charge in [0.15, 0.2) is 0 Å². The topological polar surface area (TPSA) is 41.5 Å². The van der Waals surface area contributed by atoms with Crippen molar-refractivity contribution in [1.82, 2.24) is 5.32 Å². The molecule has 0 saturated carbocycles. The van der Waals surface area contributed by atoms with Crippen molar-refractivity contribution in [3.05, 3.63) is 36.4 Å². The molecule has 3 heteroatoms. The van der Waals surface area contributed by atoms with E-state index in [1.165, 1.54) is 0 Å². The van der Waals surface area contributed by atoms with Gasteiger partial charge in [-0.3, -0.25) is 0 Å². The molecule has 0 aliphatic heterocycles. The predicted octanol–water partition coefficient (Wildman–Crippen LogP) is 1.54. The maximum Gasteiger partial charge on any atom is 0.113 e. The smallest absolute Gasteiger partial charge is 0.113 e. The minimum Gasteiger partial charge on any atom is -0.497 e. The minimum atomic E-state index is 0.0369. The van der Waals surface area contributed by atoms with Gasteiger partial charge in [-0.15, -0.1) is 0 Å². The highest BCUT2D eigenvalue weighted by atomic mass is 16.5. The van der Waals surface area contributed by atoms with Gasteiger partial charge >= 0.3 is 0 Å². The fourth-order valence-corrected chi connectivity index (χ4v) is 0.718. The molecule has 0 aromatic carbocycles. The third-order valence-electron chi connectivity index (χ3n) is 1.47. The molecule has 0 fully saturated rings. The van der Waals surface area contributed by atoms with Crippen molar-refractivity contribution in [1.29, 1.82) is 0 Å². The van der Waals surface area contributed by atoms with Gasteiger partial charge in [0.1, 0.15) is 5.76 Å². The van der Waals surface area contributed by atoms with Gasteiger partial charge in [0.2, 0.25) is 0 Å². The average Bonchev–Trinajstić information content (AvgIpc) is 2.16. The van der Waals surface area contributed by atoms with E-state index in [1.807, 2.05) is 13.0 Å². The molecule has 3 nitrogen and oxygen atoms in total. The van der Waals surface area contributed by atoms with E-state index in [1.54, 1.807) is 19.4 Å². The molecule has 0 aromatic rings. The third kappa shape index (κ3) is 5.99. The molecule has 0 heterocycles. The van der Waals surface area contributed by atoms with Crippen LogP contribution in [0.25, 0.3) is 0 Å². The van der Waals surface area contributed by atoms with Crippen LogP contribution in [-0.2, 0) is 4.74 Å². The van der Waals surface area contributed by atoms with Gasteiger partial charge in [0, 0.05) is 5.70 Å². The highest BCUT2D eigenvalue weighted by Crippen LogP contribution is 2.01. The molecule has 0 saturated heterocycles. The number of hydrogen-bond acceptors (Lipinski definition) is 3. The molecule has 0 rings (SSSR count). The molecular formula is C10H17NO2. The van der Waals surface area contributed by atoms with Gasteiger partial charge in [-0.25, -0.2) is 0 Å². The molecule has 0 radical (unpaired) electrons. The lowest BCUT2D eigenvalue weighted by Crippen LogP contribution is -2.04. The standard InChI is InChI=1S/C10H17NO2/c1-4-10(8-9(2)13-3)11-6-5-7-12/h5-6,8,11-12H,2,4,7H2,1,3H3/b6-5-,10-8+. The van der Waals surface area contributed by atoms with E-state index >= 15 is 0 Å². The van der Waals surface area contributed by atoms with Gasteiger partial charge in [0.25, 0.3) is 0 Å². The summed E-state index contributed by atoms with van der Waals surface area (Å²) >= 11 is 0. The highest BCUT2D eigenvalue weighted by Gasteiger charge is 1.91. The van der Waals surface area contributed by atoms with E-state index in [0.29, 0.717) is 5.76 Å². The Morgan fingerprint density at radius 3 is 2.77 bits per heavy atom. The zero-order valence-corrected chi connectivity index (χ0v) is 8.21. The van der Waals surface area contributed by atoms with Crippen LogP contribution >= 0.6 is 0 Å². The van der Waals surface area contributed by atoms with Gasteiger partial charge in [-0.2, -0.15) is 0 Å². The Hall–Kier alpha value is -1.22. The summed E-state index contributed by atoms with van der Waals surface area (Å²) < 4.78 is 4.90. The van der Waals surface area contributed by atoms with E-state index in [-0.39, 0.29) is 6.61 Å². The summed E-state index contributed by atoms with van der Waals surface area (Å²) in [5.74, 6) is 0.613. The maximum absolute atomic E-state index is 8.49. The van der Waals surface area contributed by atoms with Crippen LogP contribution in [0.15, 0.2) is 36.4 Å². The molecule has 0 atom stereocenters. The zero-order valence-electron chi connectivity index (χ0n) is 8.21. The molecular weight excluding hydrogens is 166 g/mol. The first-order valence-corrected chi connectivity index (χ1v) is 4.20. The van der Waals surface area contributed by atoms with E-state index in [4.69, 9.17) is 9.84 Å². The van der Waals surface area contributed by atoms with Crippen molar-refractivity contribution in [2.75, 3.05) is 13.7 Å². The molecule has 13 heavy (non-hydrogen) atoms. The maximum atomic E-state index is 8.49. The summed E-state index contributed by atoms with van der Waals surface area (Å²) in [6.07, 6.45) is 6.00. The number of nitrogens with one attached hydrogen (secondary N) is 1. The second kappa shape index (κ2) is 7.43. The lowest BCUT2D eigenvalue weighted by atomic mass is 10.3. The monoisotopic (exact) mass is 183 g/mol. The fraction of sp³-hybridized carbons (Fsp3) is 0.400. The number of rotatable bonds is 6. The predicted molar refractivity (Wildman–Crippen MR) is 53.9 cm³/mol. The molecule has 0 bridgehead atoms. The van der Waals surface area contributed by atoms with E-state index in [9.17, 15) is 0 Å². The molecule has 0 aliphatic carbocycles. The quantitative estimate of drug-likeness (QED) is 0.485. The van der Waals surface area contributed by atoms with Crippen LogP contribution in [0.5, 0.6) is 0 Å². The average molecular weight is 183 g/mol. The van der Waals surface area contributed by atoms with E-state index < -0.39 is 0 Å². The minimum absolute atomic E-state index is 0.0369. The fourth-order valence-electron chi connectivity index (χ4n) is 0.718. The molecule has 0 aromatic heterocycles. The van der Waals surface area contributed by atoms with Crippen molar-refractivity contribution in [2.24, 2.45) is 0 Å². The van der Waals surface area contributed by atoms with Crippen molar-refractivity contribution >= 4 is 0 Å². The van der Waals surface area contributed by atoms with Crippen LogP contribution in [0.4, 0.5) is 0 Å². The number of aliphatic hydroxyl groups is 1. The first kappa shape index (κ1) is 11.8. The van der Waals surface area contributed by atoms with Crippen molar-refractivity contribution in [3.8, 4) is 0 Å². The molecule has 0 aliphatic rings. The molecule has 74 valence electrons. The van der Waals surface area contributed by atoms with Crippen molar-refractivity contribution in [2.45, 2.75) is 13.3 Å². The number of allylic oxidation sites excluding steroid dienone is 2. The van der Waals surface area contributed by atoms with Gasteiger partial charge < -0.3 is 15.2 Å². The molecule has 0 amide bonds. The van der Waals surface area contributed by atoms with Crippen LogP contribution < -0.4 is 5.32 Å². The lowest BCUT2D eigenvalue weighted by molar-refractivity contribution is 0.308. The number of aliphatic hydroxyl groups excluding tert-OH is 1. The molecule has 0 unspecified atom stereocenters. The van der Waals surface area contributed by atoms with E-state index in [2.05, 4.69) is 11.9 Å². The first-order valence-electron chi connectivity index (χ1n) is 4.20. The van der Waals surface area contributed by atoms with Crippen LogP contribution in [0.3, 0.4) is 0 Å². The summed E-state index contributed by atoms with van der Waals surface area (Å²) in [5, 5.41) is 11.5. The Bertz CT molecular complexity index is 207. The zero-order chi connectivity index (χ0) is 10.1. The molecule has 2 N–H and O–H groups in total. The van der Waals surface area contributed by atoms with Crippen LogP contribution in [0.2, 0.25) is 0 Å². The lowest BCUT2D eigenvalue weighted by Gasteiger charge is -2.05. The number of methoxy groups -OCH3 is 1. The largest absolute Gasteiger partial charge is 0.497 e. The Kier molecular flexibility index (Phi) is 6.73. The summed E-state index contributed by atoms with van der Waals surface area (Å²) in [6, 6.07) is 0. The van der Waals surface area contributed by atoms with Crippen LogP contribution in [0.1, 0.15) is 13.3 Å². The van der Waals surface area contributed by atoms with Gasteiger partial charge in [-0.05, 0) is 24.8 Å². The summed E-state index contributed by atoms with van der Waals surface area (Å²) in [5.41, 5.74) is 0.997. The summed E-state index contributed by atoms with van der Waals surface area (Å²) in [6.45, 7) is 5.74. The van der Waals surface area contributed by atoms with Crippen LogP contribution in [-0.4, -0.2) is 18.8 Å². The second-order valence-electron chi connectivity index (χ2n) is 2.42. The first-order chi connectivity index (χ1) is 6.24. The Morgan fingerprint density at radius 1 is 1.62 bits per heavy atom.